The fraction of sp³-hybridized carbons (Fsp3) is 0.636. The maximum atomic E-state index is 13.2. The molecule has 31 heavy (non-hydrogen) atoms. The lowest BCUT2D eigenvalue weighted by Crippen LogP contribution is -2.52. The van der Waals surface area contributed by atoms with Gasteiger partial charge in [-0.05, 0) is 63.5 Å². The first kappa shape index (κ1) is 25.6. The molecular weight excluding hydrogens is 510 g/mol. The third-order valence-electron chi connectivity index (χ3n) is 5.91. The lowest BCUT2D eigenvalue weighted by atomic mass is 9.97. The van der Waals surface area contributed by atoms with E-state index >= 15 is 0 Å². The van der Waals surface area contributed by atoms with Crippen LogP contribution in [0.5, 0.6) is 0 Å². The summed E-state index contributed by atoms with van der Waals surface area (Å²) >= 11 is 0. The first-order valence-corrected chi connectivity index (χ1v) is 11.1. The first-order valence-electron chi connectivity index (χ1n) is 11.1. The number of aliphatic imine (C=N–C) groups is 1. The number of carbonyl (C=O) groups excluding carboxylic acids is 1. The highest BCUT2D eigenvalue weighted by molar-refractivity contribution is 14.0. The zero-order valence-electron chi connectivity index (χ0n) is 18.4. The summed E-state index contributed by atoms with van der Waals surface area (Å²) in [6.45, 7) is 10.00. The predicted octanol–water partition coefficient (Wildman–Crippen LogP) is 2.12. The number of hydrogen-bond donors (Lipinski definition) is 2. The second kappa shape index (κ2) is 13.0. The van der Waals surface area contributed by atoms with Gasteiger partial charge in [-0.2, -0.15) is 0 Å². The summed E-state index contributed by atoms with van der Waals surface area (Å²) in [4.78, 5) is 23.2. The highest BCUT2D eigenvalue weighted by atomic mass is 127. The highest BCUT2D eigenvalue weighted by Gasteiger charge is 2.23. The molecule has 1 unspecified atom stereocenters. The molecule has 0 radical (unpaired) electrons. The van der Waals surface area contributed by atoms with Crippen LogP contribution in [0.4, 0.5) is 10.1 Å². The predicted molar refractivity (Wildman–Crippen MR) is 135 cm³/mol. The van der Waals surface area contributed by atoms with Crippen molar-refractivity contribution < 1.29 is 9.18 Å². The van der Waals surface area contributed by atoms with E-state index in [2.05, 4.69) is 26.9 Å². The van der Waals surface area contributed by atoms with Gasteiger partial charge in [0.1, 0.15) is 5.82 Å². The third kappa shape index (κ3) is 7.78. The molecule has 0 spiro atoms. The third-order valence-corrected chi connectivity index (χ3v) is 5.91. The Labute approximate surface area is 202 Å². The van der Waals surface area contributed by atoms with Gasteiger partial charge in [0.05, 0.1) is 5.92 Å². The van der Waals surface area contributed by atoms with Crippen LogP contribution < -0.4 is 16.0 Å². The molecule has 9 heteroatoms. The maximum Gasteiger partial charge on any atom is 0.221 e. The van der Waals surface area contributed by atoms with Crippen molar-refractivity contribution in [1.29, 1.82) is 0 Å². The smallest absolute Gasteiger partial charge is 0.221 e. The number of rotatable bonds is 7. The van der Waals surface area contributed by atoms with Gasteiger partial charge in [0, 0.05) is 51.5 Å². The number of amides is 1. The topological polar surface area (TPSA) is 77.2 Å². The molecule has 2 fully saturated rings. The van der Waals surface area contributed by atoms with E-state index in [0.29, 0.717) is 0 Å². The number of likely N-dealkylation sites (tertiary alicyclic amines) is 1. The van der Waals surface area contributed by atoms with E-state index in [1.54, 1.807) is 0 Å². The largest absolute Gasteiger partial charge is 0.369 e. The second-order valence-corrected chi connectivity index (χ2v) is 8.08. The van der Waals surface area contributed by atoms with E-state index in [1.165, 1.54) is 12.1 Å². The minimum absolute atomic E-state index is 0. The molecule has 174 valence electrons. The molecule has 0 aliphatic carbocycles. The van der Waals surface area contributed by atoms with Gasteiger partial charge in [0.25, 0.3) is 0 Å². The fourth-order valence-corrected chi connectivity index (χ4v) is 4.22. The molecule has 3 rings (SSSR count). The standard InChI is InChI=1S/C22H35FN6O.HI/c1-2-25-22(26-10-4-12-27-11-3-5-18(17-27)21(24)30)29-15-13-28(14-16-29)20-8-6-19(23)7-9-20;/h6-9,18H,2-5,10-17H2,1H3,(H2,24,30)(H,25,26);1H. The number of primary amides is 1. The van der Waals surface area contributed by atoms with Crippen molar-refractivity contribution >= 4 is 41.5 Å². The van der Waals surface area contributed by atoms with E-state index in [1.807, 2.05) is 12.1 Å². The van der Waals surface area contributed by atoms with Crippen LogP contribution in [0.15, 0.2) is 29.3 Å². The molecule has 7 nitrogen and oxygen atoms in total. The Balaban J connectivity index is 0.00000341. The van der Waals surface area contributed by atoms with E-state index in [0.717, 1.165) is 89.8 Å². The molecule has 0 bridgehead atoms. The Bertz CT molecular complexity index is 708. The van der Waals surface area contributed by atoms with Gasteiger partial charge < -0.3 is 25.8 Å². The number of carbonyl (C=O) groups is 1. The van der Waals surface area contributed by atoms with Crippen LogP contribution in [-0.4, -0.2) is 80.6 Å². The molecule has 3 N–H and O–H groups in total. The quantitative estimate of drug-likeness (QED) is 0.237. The molecule has 1 amide bonds. The van der Waals surface area contributed by atoms with Crippen LogP contribution >= 0.6 is 24.0 Å². The Morgan fingerprint density at radius 2 is 1.90 bits per heavy atom. The van der Waals surface area contributed by atoms with Gasteiger partial charge in [-0.3, -0.25) is 9.79 Å². The number of benzene rings is 1. The van der Waals surface area contributed by atoms with Gasteiger partial charge in [-0.15, -0.1) is 24.0 Å². The van der Waals surface area contributed by atoms with Gasteiger partial charge in [-0.25, -0.2) is 4.39 Å². The van der Waals surface area contributed by atoms with Crippen molar-refractivity contribution in [1.82, 2.24) is 15.1 Å². The van der Waals surface area contributed by atoms with Crippen molar-refractivity contribution in [2.24, 2.45) is 16.6 Å². The summed E-state index contributed by atoms with van der Waals surface area (Å²) in [5.41, 5.74) is 6.54. The number of nitrogens with two attached hydrogens (primary N) is 1. The zero-order valence-corrected chi connectivity index (χ0v) is 20.8. The average Bonchev–Trinajstić information content (AvgIpc) is 2.77. The summed E-state index contributed by atoms with van der Waals surface area (Å²) in [5.74, 6) is 0.586. The number of halogens is 2. The van der Waals surface area contributed by atoms with E-state index in [4.69, 9.17) is 10.7 Å². The highest BCUT2D eigenvalue weighted by Crippen LogP contribution is 2.17. The number of hydrogen-bond acceptors (Lipinski definition) is 4. The summed E-state index contributed by atoms with van der Waals surface area (Å²) < 4.78 is 13.2. The van der Waals surface area contributed by atoms with Crippen molar-refractivity contribution in [2.45, 2.75) is 26.2 Å². The molecule has 2 heterocycles. The number of guanidine groups is 1. The lowest BCUT2D eigenvalue weighted by Gasteiger charge is -2.37. The monoisotopic (exact) mass is 546 g/mol. The van der Waals surface area contributed by atoms with Crippen LogP contribution in [-0.2, 0) is 4.79 Å². The van der Waals surface area contributed by atoms with Crippen molar-refractivity contribution in [3.05, 3.63) is 30.1 Å². The van der Waals surface area contributed by atoms with Gasteiger partial charge in [0.2, 0.25) is 5.91 Å². The Morgan fingerprint density at radius 1 is 1.19 bits per heavy atom. The maximum absolute atomic E-state index is 13.2. The van der Waals surface area contributed by atoms with Crippen molar-refractivity contribution in [2.75, 3.05) is 63.8 Å². The normalized spacial score (nSPS) is 20.3. The van der Waals surface area contributed by atoms with E-state index in [-0.39, 0.29) is 41.6 Å². The Kier molecular flexibility index (Phi) is 10.8. The second-order valence-electron chi connectivity index (χ2n) is 8.08. The van der Waals surface area contributed by atoms with Crippen molar-refractivity contribution in [3.8, 4) is 0 Å². The van der Waals surface area contributed by atoms with Crippen molar-refractivity contribution in [3.63, 3.8) is 0 Å². The average molecular weight is 546 g/mol. The van der Waals surface area contributed by atoms with Gasteiger partial charge in [-0.1, -0.05) is 0 Å². The molecule has 0 saturated carbocycles. The minimum atomic E-state index is -0.200. The molecule has 2 saturated heterocycles. The van der Waals surface area contributed by atoms with Crippen LogP contribution in [0.2, 0.25) is 0 Å². The number of piperidine rings is 1. The van der Waals surface area contributed by atoms with Gasteiger partial charge >= 0.3 is 0 Å². The zero-order chi connectivity index (χ0) is 21.3. The van der Waals surface area contributed by atoms with E-state index < -0.39 is 0 Å². The first-order chi connectivity index (χ1) is 14.6. The molecule has 2 aliphatic rings. The van der Waals surface area contributed by atoms with Crippen LogP contribution in [0, 0.1) is 11.7 Å². The molecule has 0 aromatic heterocycles. The Morgan fingerprint density at radius 3 is 2.55 bits per heavy atom. The van der Waals surface area contributed by atoms with Gasteiger partial charge in [0.15, 0.2) is 5.96 Å². The molecular formula is C22H36FIN6O. The number of anilines is 1. The summed E-state index contributed by atoms with van der Waals surface area (Å²) in [6, 6.07) is 6.71. The van der Waals surface area contributed by atoms with Crippen LogP contribution in [0.1, 0.15) is 26.2 Å². The summed E-state index contributed by atoms with van der Waals surface area (Å²) in [5, 5.41) is 3.41. The number of nitrogens with zero attached hydrogens (tertiary/aromatic N) is 4. The molecule has 1 aromatic rings. The number of piperazine rings is 1. The van der Waals surface area contributed by atoms with Crippen LogP contribution in [0.3, 0.4) is 0 Å². The SMILES string of the molecule is CCNC(=NCCCN1CCCC(C(N)=O)C1)N1CCN(c2ccc(F)cc2)CC1.I. The Hall–Kier alpha value is -1.62. The number of nitrogens with one attached hydrogen (secondary N) is 1. The van der Waals surface area contributed by atoms with E-state index in [9.17, 15) is 9.18 Å². The minimum Gasteiger partial charge on any atom is -0.369 e. The lowest BCUT2D eigenvalue weighted by molar-refractivity contribution is -0.123. The fourth-order valence-electron chi connectivity index (χ4n) is 4.22. The summed E-state index contributed by atoms with van der Waals surface area (Å²) in [6.07, 6.45) is 2.92. The van der Waals surface area contributed by atoms with Crippen LogP contribution in [0.25, 0.3) is 0 Å². The molecule has 1 atom stereocenters. The summed E-state index contributed by atoms with van der Waals surface area (Å²) in [7, 11) is 0. The molecule has 2 aliphatic heterocycles. The molecule has 1 aromatic carbocycles.